The van der Waals surface area contributed by atoms with Crippen LogP contribution in [0, 0.1) is 18.7 Å². The number of aryl methyl sites for hydroxylation is 1. The van der Waals surface area contributed by atoms with Crippen LogP contribution in [0.25, 0.3) is 10.9 Å². The average molecular weight is 466 g/mol. The molecule has 3 aromatic rings. The van der Waals surface area contributed by atoms with Crippen LogP contribution in [0.5, 0.6) is 11.5 Å². The third-order valence-corrected chi connectivity index (χ3v) is 7.01. The van der Waals surface area contributed by atoms with Gasteiger partial charge in [-0.15, -0.1) is 0 Å². The Labute approximate surface area is 199 Å². The SMILES string of the molecule is COc1cc2ncnc(Nc3ccc(F)c(C)c3)c2cc1OCCCN1CCC2CNCCC21. The number of halogens is 1. The van der Waals surface area contributed by atoms with E-state index in [1.54, 1.807) is 26.2 Å². The Balaban J connectivity index is 1.28. The quantitative estimate of drug-likeness (QED) is 0.481. The van der Waals surface area contributed by atoms with E-state index < -0.39 is 0 Å². The second kappa shape index (κ2) is 10.1. The molecule has 0 bridgehead atoms. The molecule has 180 valence electrons. The zero-order valence-corrected chi connectivity index (χ0v) is 19.8. The first-order chi connectivity index (χ1) is 16.6. The molecule has 2 aliphatic rings. The molecule has 0 amide bonds. The summed E-state index contributed by atoms with van der Waals surface area (Å²) >= 11 is 0. The van der Waals surface area contributed by atoms with Crippen LogP contribution in [0.2, 0.25) is 0 Å². The Morgan fingerprint density at radius 3 is 2.94 bits per heavy atom. The van der Waals surface area contributed by atoms with Gasteiger partial charge in [-0.3, -0.25) is 4.90 Å². The van der Waals surface area contributed by atoms with Crippen LogP contribution in [-0.2, 0) is 0 Å². The van der Waals surface area contributed by atoms with Crippen LogP contribution in [0.3, 0.4) is 0 Å². The summed E-state index contributed by atoms with van der Waals surface area (Å²) in [6.45, 7) is 6.87. The number of methoxy groups -OCH3 is 1. The van der Waals surface area contributed by atoms with Crippen LogP contribution < -0.4 is 20.1 Å². The van der Waals surface area contributed by atoms with Crippen molar-refractivity contribution in [1.29, 1.82) is 0 Å². The molecule has 0 spiro atoms. The van der Waals surface area contributed by atoms with E-state index in [4.69, 9.17) is 9.47 Å². The first kappa shape index (κ1) is 22.8. The number of piperidine rings is 1. The van der Waals surface area contributed by atoms with Gasteiger partial charge in [-0.1, -0.05) is 0 Å². The van der Waals surface area contributed by atoms with Gasteiger partial charge in [0.1, 0.15) is 18.0 Å². The monoisotopic (exact) mass is 465 g/mol. The van der Waals surface area contributed by atoms with Crippen molar-refractivity contribution in [3.8, 4) is 11.5 Å². The van der Waals surface area contributed by atoms with Crippen LogP contribution in [-0.4, -0.2) is 60.8 Å². The maximum atomic E-state index is 13.7. The minimum absolute atomic E-state index is 0.233. The third kappa shape index (κ3) is 4.79. The summed E-state index contributed by atoms with van der Waals surface area (Å²) in [6, 6.07) is 9.42. The van der Waals surface area contributed by atoms with E-state index in [0.717, 1.165) is 54.6 Å². The lowest BCUT2D eigenvalue weighted by molar-refractivity contribution is 0.176. The normalized spacial score (nSPS) is 20.3. The van der Waals surface area contributed by atoms with E-state index in [1.807, 2.05) is 12.1 Å². The Morgan fingerprint density at radius 1 is 1.18 bits per heavy atom. The minimum Gasteiger partial charge on any atom is -0.493 e. The molecule has 2 fully saturated rings. The third-order valence-electron chi connectivity index (χ3n) is 7.01. The predicted octanol–water partition coefficient (Wildman–Crippen LogP) is 4.28. The standard InChI is InChI=1S/C26H32FN5O2/c1-17-12-19(4-5-21(17)27)31-26-20-13-25(24(33-2)14-22(20)29-16-30-26)34-11-3-9-32-10-7-18-15-28-8-6-23(18)32/h4-5,12-14,16,18,23,28H,3,6-11,15H2,1-2H3,(H,29,30,31). The van der Waals surface area contributed by atoms with Gasteiger partial charge in [-0.2, -0.15) is 0 Å². The van der Waals surface area contributed by atoms with E-state index in [9.17, 15) is 4.39 Å². The summed E-state index contributed by atoms with van der Waals surface area (Å²) in [7, 11) is 1.64. The number of ether oxygens (including phenoxy) is 2. The summed E-state index contributed by atoms with van der Waals surface area (Å²) in [5, 5.41) is 7.62. The Morgan fingerprint density at radius 2 is 2.09 bits per heavy atom. The van der Waals surface area contributed by atoms with Crippen molar-refractivity contribution in [2.45, 2.75) is 32.2 Å². The van der Waals surface area contributed by atoms with Gasteiger partial charge < -0.3 is 20.1 Å². The fourth-order valence-corrected chi connectivity index (χ4v) is 5.20. The van der Waals surface area contributed by atoms with Crippen molar-refractivity contribution in [3.05, 3.63) is 48.0 Å². The topological polar surface area (TPSA) is 71.5 Å². The van der Waals surface area contributed by atoms with Gasteiger partial charge in [0.15, 0.2) is 11.5 Å². The Hall–Kier alpha value is -2.97. The van der Waals surface area contributed by atoms with Crippen LogP contribution in [0.4, 0.5) is 15.9 Å². The van der Waals surface area contributed by atoms with E-state index >= 15 is 0 Å². The number of rotatable bonds is 8. The number of nitrogens with zero attached hydrogens (tertiary/aromatic N) is 3. The molecule has 34 heavy (non-hydrogen) atoms. The van der Waals surface area contributed by atoms with Gasteiger partial charge in [0, 0.05) is 29.7 Å². The lowest BCUT2D eigenvalue weighted by Gasteiger charge is -2.32. The number of nitrogens with one attached hydrogen (secondary N) is 2. The molecule has 2 atom stereocenters. The molecule has 2 aliphatic heterocycles. The lowest BCUT2D eigenvalue weighted by Crippen LogP contribution is -2.44. The number of hydrogen-bond acceptors (Lipinski definition) is 7. The van der Waals surface area contributed by atoms with Gasteiger partial charge in [-0.25, -0.2) is 14.4 Å². The molecular weight excluding hydrogens is 433 g/mol. The zero-order valence-electron chi connectivity index (χ0n) is 19.8. The van der Waals surface area contributed by atoms with Crippen molar-refractivity contribution in [1.82, 2.24) is 20.2 Å². The van der Waals surface area contributed by atoms with Crippen molar-refractivity contribution in [2.75, 3.05) is 45.2 Å². The van der Waals surface area contributed by atoms with Crippen LogP contribution in [0.15, 0.2) is 36.7 Å². The van der Waals surface area contributed by atoms with Crippen molar-refractivity contribution in [2.24, 2.45) is 5.92 Å². The van der Waals surface area contributed by atoms with Crippen LogP contribution in [0.1, 0.15) is 24.8 Å². The fourth-order valence-electron chi connectivity index (χ4n) is 5.20. The molecule has 8 heteroatoms. The maximum Gasteiger partial charge on any atom is 0.162 e. The van der Waals surface area contributed by atoms with E-state index in [2.05, 4.69) is 25.5 Å². The molecule has 2 N–H and O–H groups in total. The number of fused-ring (bicyclic) bond motifs is 2. The highest BCUT2D eigenvalue weighted by atomic mass is 19.1. The van der Waals surface area contributed by atoms with E-state index in [0.29, 0.717) is 29.5 Å². The molecule has 3 heterocycles. The highest BCUT2D eigenvalue weighted by Gasteiger charge is 2.35. The Bertz CT molecular complexity index is 1160. The Kier molecular flexibility index (Phi) is 6.78. The van der Waals surface area contributed by atoms with Gasteiger partial charge in [0.25, 0.3) is 0 Å². The molecule has 2 saturated heterocycles. The van der Waals surface area contributed by atoms with Crippen molar-refractivity contribution in [3.63, 3.8) is 0 Å². The highest BCUT2D eigenvalue weighted by molar-refractivity contribution is 5.93. The second-order valence-corrected chi connectivity index (χ2v) is 9.18. The molecule has 2 aromatic carbocycles. The predicted molar refractivity (Wildman–Crippen MR) is 132 cm³/mol. The van der Waals surface area contributed by atoms with Gasteiger partial charge in [0.2, 0.25) is 0 Å². The molecule has 0 saturated carbocycles. The molecule has 2 unspecified atom stereocenters. The molecular formula is C26H32FN5O2. The van der Waals surface area contributed by atoms with E-state index in [-0.39, 0.29) is 5.82 Å². The molecule has 1 aromatic heterocycles. The number of benzene rings is 2. The first-order valence-electron chi connectivity index (χ1n) is 12.1. The van der Waals surface area contributed by atoms with Gasteiger partial charge in [0.05, 0.1) is 19.2 Å². The molecule has 5 rings (SSSR count). The fraction of sp³-hybridized carbons (Fsp3) is 0.462. The molecule has 0 radical (unpaired) electrons. The van der Waals surface area contributed by atoms with E-state index in [1.165, 1.54) is 31.8 Å². The first-order valence-corrected chi connectivity index (χ1v) is 12.1. The number of hydrogen-bond donors (Lipinski definition) is 2. The van der Waals surface area contributed by atoms with Crippen molar-refractivity contribution >= 4 is 22.4 Å². The summed E-state index contributed by atoms with van der Waals surface area (Å²) in [5.74, 6) is 2.52. The second-order valence-electron chi connectivity index (χ2n) is 9.18. The van der Waals surface area contributed by atoms with Crippen molar-refractivity contribution < 1.29 is 13.9 Å². The van der Waals surface area contributed by atoms with Crippen LogP contribution >= 0.6 is 0 Å². The molecule has 0 aliphatic carbocycles. The van der Waals surface area contributed by atoms with Gasteiger partial charge in [-0.05, 0) is 81.6 Å². The summed E-state index contributed by atoms with van der Waals surface area (Å²) in [6.07, 6.45) is 5.00. The minimum atomic E-state index is -0.233. The number of likely N-dealkylation sites (tertiary alicyclic amines) is 1. The zero-order chi connectivity index (χ0) is 23.5. The summed E-state index contributed by atoms with van der Waals surface area (Å²) < 4.78 is 25.4. The summed E-state index contributed by atoms with van der Waals surface area (Å²) in [4.78, 5) is 11.4. The highest BCUT2D eigenvalue weighted by Crippen LogP contribution is 2.35. The molecule has 7 nitrogen and oxygen atoms in total. The summed E-state index contributed by atoms with van der Waals surface area (Å²) in [5.41, 5.74) is 2.08. The maximum absolute atomic E-state index is 13.7. The average Bonchev–Trinajstić information content (AvgIpc) is 3.27. The number of aromatic nitrogens is 2. The largest absolute Gasteiger partial charge is 0.493 e. The number of anilines is 2. The smallest absolute Gasteiger partial charge is 0.162 e. The lowest BCUT2D eigenvalue weighted by atomic mass is 9.94. The van der Waals surface area contributed by atoms with Gasteiger partial charge >= 0.3 is 0 Å².